The molecule has 0 saturated carbocycles. The molecule has 1 fully saturated rings. The van der Waals surface area contributed by atoms with Crippen LogP contribution < -0.4 is 0 Å². The van der Waals surface area contributed by atoms with Gasteiger partial charge in [-0.3, -0.25) is 9.88 Å². The van der Waals surface area contributed by atoms with E-state index in [2.05, 4.69) is 23.0 Å². The Hall–Kier alpha value is -1.40. The summed E-state index contributed by atoms with van der Waals surface area (Å²) in [5.74, 6) is 0. The highest BCUT2D eigenvalue weighted by molar-refractivity contribution is 5.27. The van der Waals surface area contributed by atoms with E-state index in [1.807, 2.05) is 12.1 Å². The second-order valence-electron chi connectivity index (χ2n) is 3.72. The van der Waals surface area contributed by atoms with Crippen LogP contribution >= 0.6 is 0 Å². The molecule has 0 aliphatic carbocycles. The van der Waals surface area contributed by atoms with Crippen LogP contribution in [0.4, 0.5) is 0 Å². The summed E-state index contributed by atoms with van der Waals surface area (Å²) >= 11 is 0. The van der Waals surface area contributed by atoms with Crippen molar-refractivity contribution < 1.29 is 0 Å². The van der Waals surface area contributed by atoms with Crippen molar-refractivity contribution in [3.05, 3.63) is 29.6 Å². The molecule has 1 aromatic rings. The molecular formula is C11H13N3. The topological polar surface area (TPSA) is 39.9 Å². The Balaban J connectivity index is 2.21. The minimum absolute atomic E-state index is 0.447. The van der Waals surface area contributed by atoms with Crippen LogP contribution in [0.25, 0.3) is 0 Å². The van der Waals surface area contributed by atoms with Crippen molar-refractivity contribution in [2.45, 2.75) is 18.9 Å². The Bertz CT molecular complexity index is 350. The molecule has 0 radical (unpaired) electrons. The molecule has 1 aromatic heterocycles. The SMILES string of the molecule is CN1CCCC1c1ccc(C#N)cn1. The lowest BCUT2D eigenvalue weighted by atomic mass is 10.1. The van der Waals surface area contributed by atoms with Crippen molar-refractivity contribution in [2.24, 2.45) is 0 Å². The molecule has 0 aromatic carbocycles. The van der Waals surface area contributed by atoms with Gasteiger partial charge in [0.1, 0.15) is 6.07 Å². The van der Waals surface area contributed by atoms with Gasteiger partial charge in [-0.15, -0.1) is 0 Å². The summed E-state index contributed by atoms with van der Waals surface area (Å²) in [7, 11) is 2.12. The molecule has 0 bridgehead atoms. The first-order valence-electron chi connectivity index (χ1n) is 4.87. The maximum atomic E-state index is 8.65. The lowest BCUT2D eigenvalue weighted by Gasteiger charge is -2.18. The summed E-state index contributed by atoms with van der Waals surface area (Å²) in [4.78, 5) is 6.63. The molecule has 0 spiro atoms. The largest absolute Gasteiger partial charge is 0.298 e. The number of nitrogens with zero attached hydrogens (tertiary/aromatic N) is 3. The Labute approximate surface area is 84.0 Å². The molecule has 2 heterocycles. The highest BCUT2D eigenvalue weighted by Gasteiger charge is 2.23. The third-order valence-corrected chi connectivity index (χ3v) is 2.78. The van der Waals surface area contributed by atoms with Gasteiger partial charge in [-0.25, -0.2) is 0 Å². The van der Waals surface area contributed by atoms with Crippen molar-refractivity contribution in [2.75, 3.05) is 13.6 Å². The van der Waals surface area contributed by atoms with Crippen molar-refractivity contribution in [1.82, 2.24) is 9.88 Å². The molecule has 1 unspecified atom stereocenters. The molecule has 1 atom stereocenters. The zero-order valence-corrected chi connectivity index (χ0v) is 8.27. The van der Waals surface area contributed by atoms with Crippen LogP contribution in [-0.2, 0) is 0 Å². The Morgan fingerprint density at radius 1 is 1.57 bits per heavy atom. The number of likely N-dealkylation sites (tertiary alicyclic amines) is 1. The molecule has 14 heavy (non-hydrogen) atoms. The van der Waals surface area contributed by atoms with E-state index in [0.717, 1.165) is 12.2 Å². The van der Waals surface area contributed by atoms with Gasteiger partial charge in [0.05, 0.1) is 17.3 Å². The monoisotopic (exact) mass is 187 g/mol. The molecule has 0 amide bonds. The normalized spacial score (nSPS) is 22.1. The average Bonchev–Trinajstić information content (AvgIpc) is 2.65. The van der Waals surface area contributed by atoms with Crippen LogP contribution in [0.3, 0.4) is 0 Å². The summed E-state index contributed by atoms with van der Waals surface area (Å²) < 4.78 is 0. The van der Waals surface area contributed by atoms with Gasteiger partial charge in [0.2, 0.25) is 0 Å². The minimum Gasteiger partial charge on any atom is -0.298 e. The molecule has 3 heteroatoms. The number of hydrogen-bond donors (Lipinski definition) is 0. The molecule has 1 aliphatic rings. The summed E-state index contributed by atoms with van der Waals surface area (Å²) in [5, 5.41) is 8.65. The molecule has 0 N–H and O–H groups in total. The Morgan fingerprint density at radius 2 is 2.43 bits per heavy atom. The van der Waals surface area contributed by atoms with E-state index >= 15 is 0 Å². The Kier molecular flexibility index (Phi) is 2.47. The number of rotatable bonds is 1. The van der Waals surface area contributed by atoms with E-state index in [1.165, 1.54) is 12.8 Å². The van der Waals surface area contributed by atoms with Gasteiger partial charge in [-0.05, 0) is 38.6 Å². The summed E-state index contributed by atoms with van der Waals surface area (Å²) in [5.41, 5.74) is 1.72. The van der Waals surface area contributed by atoms with E-state index in [1.54, 1.807) is 6.20 Å². The molecule has 3 nitrogen and oxygen atoms in total. The number of aromatic nitrogens is 1. The molecule has 72 valence electrons. The predicted molar refractivity (Wildman–Crippen MR) is 53.6 cm³/mol. The third-order valence-electron chi connectivity index (χ3n) is 2.78. The third kappa shape index (κ3) is 1.61. The summed E-state index contributed by atoms with van der Waals surface area (Å²) in [6.07, 6.45) is 4.07. The van der Waals surface area contributed by atoms with E-state index in [0.29, 0.717) is 11.6 Å². The first-order chi connectivity index (χ1) is 6.81. The van der Waals surface area contributed by atoms with Gasteiger partial charge in [-0.2, -0.15) is 5.26 Å². The standard InChI is InChI=1S/C11H13N3/c1-14-6-2-3-11(14)10-5-4-9(7-12)8-13-10/h4-5,8,11H,2-3,6H2,1H3. The van der Waals surface area contributed by atoms with Crippen LogP contribution in [0, 0.1) is 11.3 Å². The maximum absolute atomic E-state index is 8.65. The van der Waals surface area contributed by atoms with Crippen LogP contribution in [-0.4, -0.2) is 23.5 Å². The summed E-state index contributed by atoms with van der Waals surface area (Å²) in [6.45, 7) is 1.15. The number of nitriles is 1. The van der Waals surface area contributed by atoms with E-state index < -0.39 is 0 Å². The molecule has 2 rings (SSSR count). The fraction of sp³-hybridized carbons (Fsp3) is 0.455. The van der Waals surface area contributed by atoms with Crippen molar-refractivity contribution >= 4 is 0 Å². The lowest BCUT2D eigenvalue weighted by Crippen LogP contribution is -2.18. The van der Waals surface area contributed by atoms with Crippen molar-refractivity contribution in [3.8, 4) is 6.07 Å². The van der Waals surface area contributed by atoms with Crippen LogP contribution in [0.1, 0.15) is 30.1 Å². The van der Waals surface area contributed by atoms with Gasteiger partial charge in [0.15, 0.2) is 0 Å². The predicted octanol–water partition coefficient (Wildman–Crippen LogP) is 1.72. The molecular weight excluding hydrogens is 174 g/mol. The fourth-order valence-electron chi connectivity index (χ4n) is 1.95. The first kappa shape index (κ1) is 9.17. The first-order valence-corrected chi connectivity index (χ1v) is 4.87. The quantitative estimate of drug-likeness (QED) is 0.672. The van der Waals surface area contributed by atoms with Crippen molar-refractivity contribution in [3.63, 3.8) is 0 Å². The van der Waals surface area contributed by atoms with E-state index in [9.17, 15) is 0 Å². The highest BCUT2D eigenvalue weighted by Crippen LogP contribution is 2.28. The zero-order chi connectivity index (χ0) is 9.97. The van der Waals surface area contributed by atoms with Crippen LogP contribution in [0.5, 0.6) is 0 Å². The maximum Gasteiger partial charge on any atom is 0.101 e. The van der Waals surface area contributed by atoms with Crippen LogP contribution in [0.15, 0.2) is 18.3 Å². The van der Waals surface area contributed by atoms with Gasteiger partial charge in [0.25, 0.3) is 0 Å². The second-order valence-corrected chi connectivity index (χ2v) is 3.72. The second kappa shape index (κ2) is 3.77. The Morgan fingerprint density at radius 3 is 2.93 bits per heavy atom. The minimum atomic E-state index is 0.447. The zero-order valence-electron chi connectivity index (χ0n) is 8.27. The number of hydrogen-bond acceptors (Lipinski definition) is 3. The number of pyridine rings is 1. The van der Waals surface area contributed by atoms with Crippen LogP contribution in [0.2, 0.25) is 0 Å². The molecule has 1 saturated heterocycles. The van der Waals surface area contributed by atoms with Gasteiger partial charge in [0, 0.05) is 6.20 Å². The van der Waals surface area contributed by atoms with Gasteiger partial charge < -0.3 is 0 Å². The fourth-order valence-corrected chi connectivity index (χ4v) is 1.95. The van der Waals surface area contributed by atoms with Gasteiger partial charge in [-0.1, -0.05) is 0 Å². The van der Waals surface area contributed by atoms with Crippen molar-refractivity contribution in [1.29, 1.82) is 5.26 Å². The lowest BCUT2D eigenvalue weighted by molar-refractivity contribution is 0.312. The van der Waals surface area contributed by atoms with E-state index in [-0.39, 0.29) is 0 Å². The van der Waals surface area contributed by atoms with E-state index in [4.69, 9.17) is 5.26 Å². The molecule has 1 aliphatic heterocycles. The highest BCUT2D eigenvalue weighted by atomic mass is 15.2. The summed E-state index contributed by atoms with van der Waals surface area (Å²) in [6, 6.07) is 6.33. The van der Waals surface area contributed by atoms with Gasteiger partial charge >= 0.3 is 0 Å². The smallest absolute Gasteiger partial charge is 0.101 e. The average molecular weight is 187 g/mol.